The number of aromatic nitrogens is 1. The second-order valence-electron chi connectivity index (χ2n) is 6.22. The van der Waals surface area contributed by atoms with E-state index in [1.807, 2.05) is 6.92 Å². The first-order valence-corrected chi connectivity index (χ1v) is 11.4. The van der Waals surface area contributed by atoms with Gasteiger partial charge >= 0.3 is 5.97 Å². The summed E-state index contributed by atoms with van der Waals surface area (Å²) >= 11 is 15.9. The number of hydrogen-bond donors (Lipinski definition) is 2. The summed E-state index contributed by atoms with van der Waals surface area (Å²) in [5, 5.41) is 6.38. The standard InChI is InChI=1S/C20H17BrClN3O3S2/c1-2-3-8-28-18(27)11-4-7-15-16(9-11)30-20(23-15)25-19(29)24-17(26)13-10-12(21)5-6-14(13)22/h4-7,9-10H,2-3,8H2,1H3,(H2,23,24,25,26,29). The number of fused-ring (bicyclic) bond motifs is 1. The minimum absolute atomic E-state index is 0.0919. The molecule has 0 saturated heterocycles. The van der Waals surface area contributed by atoms with Gasteiger partial charge in [-0.25, -0.2) is 9.78 Å². The summed E-state index contributed by atoms with van der Waals surface area (Å²) in [5.74, 6) is -0.793. The van der Waals surface area contributed by atoms with Crippen molar-refractivity contribution >= 4 is 83.4 Å². The Morgan fingerprint density at radius 3 is 2.83 bits per heavy atom. The van der Waals surface area contributed by atoms with E-state index in [2.05, 4.69) is 31.5 Å². The van der Waals surface area contributed by atoms with Crippen molar-refractivity contribution in [1.82, 2.24) is 10.3 Å². The summed E-state index contributed by atoms with van der Waals surface area (Å²) in [4.78, 5) is 28.9. The van der Waals surface area contributed by atoms with Crippen molar-refractivity contribution in [2.45, 2.75) is 19.8 Å². The lowest BCUT2D eigenvalue weighted by molar-refractivity contribution is 0.0500. The topological polar surface area (TPSA) is 80.3 Å². The number of anilines is 1. The Bertz CT molecular complexity index is 1120. The van der Waals surface area contributed by atoms with Gasteiger partial charge in [0.2, 0.25) is 0 Å². The first kappa shape index (κ1) is 22.6. The number of rotatable bonds is 6. The average molecular weight is 527 g/mol. The fourth-order valence-electron chi connectivity index (χ4n) is 2.47. The second-order valence-corrected chi connectivity index (χ2v) is 8.99. The Kier molecular flexibility index (Phi) is 7.76. The van der Waals surface area contributed by atoms with Crippen molar-refractivity contribution in [3.8, 4) is 0 Å². The Balaban J connectivity index is 1.66. The minimum Gasteiger partial charge on any atom is -0.462 e. The smallest absolute Gasteiger partial charge is 0.338 e. The lowest BCUT2D eigenvalue weighted by atomic mass is 10.2. The molecule has 2 aromatic carbocycles. The van der Waals surface area contributed by atoms with Gasteiger partial charge in [-0.1, -0.05) is 52.2 Å². The van der Waals surface area contributed by atoms with E-state index >= 15 is 0 Å². The van der Waals surface area contributed by atoms with Crippen LogP contribution in [0.3, 0.4) is 0 Å². The lowest BCUT2D eigenvalue weighted by Crippen LogP contribution is -2.34. The molecule has 0 bridgehead atoms. The molecule has 3 aromatic rings. The van der Waals surface area contributed by atoms with Crippen molar-refractivity contribution in [2.24, 2.45) is 0 Å². The number of esters is 1. The van der Waals surface area contributed by atoms with Gasteiger partial charge in [0.05, 0.1) is 33.0 Å². The Morgan fingerprint density at radius 1 is 1.27 bits per heavy atom. The van der Waals surface area contributed by atoms with E-state index in [9.17, 15) is 9.59 Å². The minimum atomic E-state index is -0.433. The molecule has 10 heteroatoms. The van der Waals surface area contributed by atoms with Gasteiger partial charge in [0.15, 0.2) is 10.2 Å². The number of nitrogens with one attached hydrogen (secondary N) is 2. The zero-order valence-electron chi connectivity index (χ0n) is 15.8. The lowest BCUT2D eigenvalue weighted by Gasteiger charge is -2.08. The quantitative estimate of drug-likeness (QED) is 0.240. The Morgan fingerprint density at radius 2 is 2.07 bits per heavy atom. The second kappa shape index (κ2) is 10.3. The van der Waals surface area contributed by atoms with Crippen LogP contribution in [0.25, 0.3) is 10.2 Å². The number of carbonyl (C=O) groups is 2. The van der Waals surface area contributed by atoms with Gasteiger partial charge < -0.3 is 10.1 Å². The van der Waals surface area contributed by atoms with Crippen LogP contribution in [0.1, 0.15) is 40.5 Å². The monoisotopic (exact) mass is 525 g/mol. The number of hydrogen-bond acceptors (Lipinski definition) is 6. The van der Waals surface area contributed by atoms with Crippen LogP contribution in [0, 0.1) is 0 Å². The van der Waals surface area contributed by atoms with Crippen molar-refractivity contribution in [1.29, 1.82) is 0 Å². The number of thiazole rings is 1. The zero-order chi connectivity index (χ0) is 21.7. The predicted molar refractivity (Wildman–Crippen MR) is 128 cm³/mol. The number of amides is 1. The molecule has 2 N–H and O–H groups in total. The maximum Gasteiger partial charge on any atom is 0.338 e. The van der Waals surface area contributed by atoms with Gasteiger partial charge in [0.25, 0.3) is 5.91 Å². The number of benzene rings is 2. The highest BCUT2D eigenvalue weighted by Crippen LogP contribution is 2.27. The molecular weight excluding hydrogens is 510 g/mol. The maximum atomic E-state index is 12.4. The molecule has 6 nitrogen and oxygen atoms in total. The van der Waals surface area contributed by atoms with E-state index in [0.717, 1.165) is 22.0 Å². The number of ether oxygens (including phenoxy) is 1. The highest BCUT2D eigenvalue weighted by atomic mass is 79.9. The first-order chi connectivity index (χ1) is 14.4. The van der Waals surface area contributed by atoms with E-state index in [-0.39, 0.29) is 11.1 Å². The van der Waals surface area contributed by atoms with Gasteiger partial charge in [-0.15, -0.1) is 0 Å². The third-order valence-corrected chi connectivity index (χ3v) is 5.94. The molecule has 0 atom stereocenters. The van der Waals surface area contributed by atoms with E-state index in [0.29, 0.717) is 33.4 Å². The zero-order valence-corrected chi connectivity index (χ0v) is 19.8. The molecule has 0 spiro atoms. The molecule has 1 aromatic heterocycles. The van der Waals surface area contributed by atoms with Crippen molar-refractivity contribution in [2.75, 3.05) is 11.9 Å². The summed E-state index contributed by atoms with van der Waals surface area (Å²) in [6, 6.07) is 10.1. The highest BCUT2D eigenvalue weighted by Gasteiger charge is 2.15. The SMILES string of the molecule is CCCCOC(=O)c1ccc2nc(NC(=S)NC(=O)c3cc(Br)ccc3Cl)sc2c1. The van der Waals surface area contributed by atoms with Gasteiger partial charge in [-0.2, -0.15) is 0 Å². The average Bonchev–Trinajstić information content (AvgIpc) is 3.10. The molecular formula is C20H17BrClN3O3S2. The third-order valence-electron chi connectivity index (χ3n) is 3.98. The Labute approximate surface area is 196 Å². The molecule has 0 aliphatic rings. The molecule has 0 fully saturated rings. The molecule has 1 amide bonds. The molecule has 156 valence electrons. The van der Waals surface area contributed by atoms with E-state index in [1.54, 1.807) is 36.4 Å². The Hall–Kier alpha value is -2.07. The van der Waals surface area contributed by atoms with Crippen LogP contribution in [0.15, 0.2) is 40.9 Å². The van der Waals surface area contributed by atoms with E-state index < -0.39 is 5.91 Å². The number of unbranched alkanes of at least 4 members (excludes halogenated alkanes) is 1. The molecule has 0 aliphatic heterocycles. The molecule has 3 rings (SSSR count). The third kappa shape index (κ3) is 5.75. The summed E-state index contributed by atoms with van der Waals surface area (Å²) < 4.78 is 6.77. The van der Waals surface area contributed by atoms with E-state index in [4.69, 9.17) is 28.6 Å². The fraction of sp³-hybridized carbons (Fsp3) is 0.200. The molecule has 0 saturated carbocycles. The number of nitrogens with zero attached hydrogens (tertiary/aromatic N) is 1. The predicted octanol–water partition coefficient (Wildman–Crippen LogP) is 5.80. The van der Waals surface area contributed by atoms with Crippen LogP contribution in [0.4, 0.5) is 5.13 Å². The van der Waals surface area contributed by atoms with Gasteiger partial charge in [0.1, 0.15) is 0 Å². The largest absolute Gasteiger partial charge is 0.462 e. The molecule has 0 aliphatic carbocycles. The van der Waals surface area contributed by atoms with Crippen molar-refractivity contribution in [3.05, 3.63) is 57.0 Å². The van der Waals surface area contributed by atoms with Crippen LogP contribution in [-0.2, 0) is 4.74 Å². The summed E-state index contributed by atoms with van der Waals surface area (Å²) in [6.07, 6.45) is 1.79. The van der Waals surface area contributed by atoms with Crippen LogP contribution in [0.2, 0.25) is 5.02 Å². The van der Waals surface area contributed by atoms with Crippen molar-refractivity contribution in [3.63, 3.8) is 0 Å². The van der Waals surface area contributed by atoms with Crippen molar-refractivity contribution < 1.29 is 14.3 Å². The van der Waals surface area contributed by atoms with Gasteiger partial charge in [-0.05, 0) is 55.0 Å². The number of thiocarbonyl (C=S) groups is 1. The number of carbonyl (C=O) groups excluding carboxylic acids is 2. The van der Waals surface area contributed by atoms with Gasteiger partial charge in [-0.3, -0.25) is 10.1 Å². The first-order valence-electron chi connectivity index (χ1n) is 9.02. The summed E-state index contributed by atoms with van der Waals surface area (Å²) in [7, 11) is 0. The van der Waals surface area contributed by atoms with Gasteiger partial charge in [0, 0.05) is 4.47 Å². The van der Waals surface area contributed by atoms with Crippen LogP contribution >= 0.6 is 51.1 Å². The molecule has 30 heavy (non-hydrogen) atoms. The van der Waals surface area contributed by atoms with E-state index in [1.165, 1.54) is 11.3 Å². The molecule has 1 heterocycles. The normalized spacial score (nSPS) is 10.6. The molecule has 0 unspecified atom stereocenters. The van der Waals surface area contributed by atoms with Crippen LogP contribution < -0.4 is 10.6 Å². The highest BCUT2D eigenvalue weighted by molar-refractivity contribution is 9.10. The van der Waals surface area contributed by atoms with Crippen LogP contribution in [-0.4, -0.2) is 28.6 Å². The maximum absolute atomic E-state index is 12.4. The number of halogens is 2. The van der Waals surface area contributed by atoms with Crippen LogP contribution in [0.5, 0.6) is 0 Å². The fourth-order valence-corrected chi connectivity index (χ4v) is 4.20. The summed E-state index contributed by atoms with van der Waals surface area (Å²) in [5.41, 5.74) is 1.47. The summed E-state index contributed by atoms with van der Waals surface area (Å²) in [6.45, 7) is 2.44. The molecule has 0 radical (unpaired) electrons.